The van der Waals surface area contributed by atoms with E-state index in [0.717, 1.165) is 29.6 Å². The number of piperidine rings is 3. The van der Waals surface area contributed by atoms with E-state index in [9.17, 15) is 4.79 Å². The minimum Gasteiger partial charge on any atom is -0.336 e. The van der Waals surface area contributed by atoms with E-state index in [4.69, 9.17) is 0 Å². The highest BCUT2D eigenvalue weighted by atomic mass is 32.2. The van der Waals surface area contributed by atoms with Gasteiger partial charge in [-0.05, 0) is 55.7 Å². The summed E-state index contributed by atoms with van der Waals surface area (Å²) in [7, 11) is 0. The summed E-state index contributed by atoms with van der Waals surface area (Å²) in [5.41, 5.74) is 0.839. The van der Waals surface area contributed by atoms with E-state index in [2.05, 4.69) is 28.2 Å². The molecule has 0 aliphatic carbocycles. The van der Waals surface area contributed by atoms with Crippen LogP contribution in [0.4, 0.5) is 10.5 Å². The van der Waals surface area contributed by atoms with Crippen LogP contribution in [0.25, 0.3) is 0 Å². The predicted molar refractivity (Wildman–Crippen MR) is 97.0 cm³/mol. The Labute approximate surface area is 142 Å². The number of carbonyl (C=O) groups excluding carboxylic acids is 1. The SMILES string of the molecule is C=C[C@H]1CN2CC[C@@H]1C[C@@H]2CNC(=O)Nc1cccc(SC)c1. The van der Waals surface area contributed by atoms with Gasteiger partial charge in [0.05, 0.1) is 0 Å². The molecule has 124 valence electrons. The van der Waals surface area contributed by atoms with Gasteiger partial charge in [0, 0.05) is 29.7 Å². The summed E-state index contributed by atoms with van der Waals surface area (Å²) < 4.78 is 0. The van der Waals surface area contributed by atoms with Gasteiger partial charge in [-0.15, -0.1) is 18.3 Å². The van der Waals surface area contributed by atoms with E-state index in [1.807, 2.05) is 30.5 Å². The zero-order chi connectivity index (χ0) is 16.2. The summed E-state index contributed by atoms with van der Waals surface area (Å²) in [6.07, 6.45) is 6.56. The number of hydrogen-bond donors (Lipinski definition) is 2. The van der Waals surface area contributed by atoms with Gasteiger partial charge in [0.15, 0.2) is 0 Å². The van der Waals surface area contributed by atoms with Gasteiger partial charge in [0.1, 0.15) is 0 Å². The second-order valence-corrected chi connectivity index (χ2v) is 7.28. The van der Waals surface area contributed by atoms with Crippen molar-refractivity contribution in [3.8, 4) is 0 Å². The van der Waals surface area contributed by atoms with Gasteiger partial charge in [-0.25, -0.2) is 4.79 Å². The maximum absolute atomic E-state index is 12.1. The molecular weight excluding hydrogens is 306 g/mol. The number of anilines is 1. The quantitative estimate of drug-likeness (QED) is 0.642. The number of nitrogens with zero attached hydrogens (tertiary/aromatic N) is 1. The molecule has 3 heterocycles. The van der Waals surface area contributed by atoms with Crippen LogP contribution < -0.4 is 10.6 Å². The first-order chi connectivity index (χ1) is 11.2. The van der Waals surface area contributed by atoms with E-state index >= 15 is 0 Å². The Kier molecular flexibility index (Phi) is 5.28. The number of hydrogen-bond acceptors (Lipinski definition) is 3. The number of urea groups is 1. The van der Waals surface area contributed by atoms with Crippen LogP contribution in [0.2, 0.25) is 0 Å². The molecule has 1 unspecified atom stereocenters. The molecule has 3 fully saturated rings. The maximum Gasteiger partial charge on any atom is 0.319 e. The zero-order valence-corrected chi connectivity index (χ0v) is 14.4. The van der Waals surface area contributed by atoms with Crippen molar-refractivity contribution in [3.05, 3.63) is 36.9 Å². The number of benzene rings is 1. The van der Waals surface area contributed by atoms with Crippen LogP contribution in [0.15, 0.2) is 41.8 Å². The monoisotopic (exact) mass is 331 g/mol. The molecule has 4 nitrogen and oxygen atoms in total. The number of thioether (sulfide) groups is 1. The number of carbonyl (C=O) groups is 1. The molecule has 2 bridgehead atoms. The third kappa shape index (κ3) is 3.90. The summed E-state index contributed by atoms with van der Waals surface area (Å²) in [5.74, 6) is 1.37. The molecule has 2 amide bonds. The molecule has 0 aromatic heterocycles. The van der Waals surface area contributed by atoms with Crippen LogP contribution in [0.1, 0.15) is 12.8 Å². The van der Waals surface area contributed by atoms with Crippen LogP contribution >= 0.6 is 11.8 Å². The fourth-order valence-electron chi connectivity index (χ4n) is 3.75. The largest absolute Gasteiger partial charge is 0.336 e. The molecule has 0 radical (unpaired) electrons. The van der Waals surface area contributed by atoms with Crippen molar-refractivity contribution < 1.29 is 4.79 Å². The molecule has 0 saturated carbocycles. The zero-order valence-electron chi connectivity index (χ0n) is 13.6. The van der Waals surface area contributed by atoms with Crippen LogP contribution in [0.5, 0.6) is 0 Å². The lowest BCUT2D eigenvalue weighted by Crippen LogP contribution is -2.56. The van der Waals surface area contributed by atoms with E-state index < -0.39 is 0 Å². The van der Waals surface area contributed by atoms with Crippen molar-refractivity contribution in [2.24, 2.45) is 11.8 Å². The van der Waals surface area contributed by atoms with Gasteiger partial charge in [-0.1, -0.05) is 12.1 Å². The first kappa shape index (κ1) is 16.4. The molecule has 3 aliphatic heterocycles. The highest BCUT2D eigenvalue weighted by molar-refractivity contribution is 7.98. The summed E-state index contributed by atoms with van der Waals surface area (Å²) in [6, 6.07) is 8.25. The van der Waals surface area contributed by atoms with Crippen LogP contribution in [0.3, 0.4) is 0 Å². The highest BCUT2D eigenvalue weighted by Gasteiger charge is 2.38. The molecular formula is C18H25N3OS. The first-order valence-electron chi connectivity index (χ1n) is 8.25. The molecule has 5 heteroatoms. The number of amides is 2. The second kappa shape index (κ2) is 7.41. The Bertz CT molecular complexity index is 577. The Morgan fingerprint density at radius 3 is 3.09 bits per heavy atom. The smallest absolute Gasteiger partial charge is 0.319 e. The molecule has 4 atom stereocenters. The van der Waals surface area contributed by atoms with Gasteiger partial charge in [0.2, 0.25) is 0 Å². The predicted octanol–water partition coefficient (Wildman–Crippen LogP) is 3.43. The van der Waals surface area contributed by atoms with Crippen LogP contribution in [-0.2, 0) is 0 Å². The minimum absolute atomic E-state index is 0.119. The minimum atomic E-state index is -0.119. The average molecular weight is 331 g/mol. The normalized spacial score (nSPS) is 29.1. The van der Waals surface area contributed by atoms with Gasteiger partial charge in [0.25, 0.3) is 0 Å². The highest BCUT2D eigenvalue weighted by Crippen LogP contribution is 2.36. The van der Waals surface area contributed by atoms with Crippen molar-refractivity contribution in [3.63, 3.8) is 0 Å². The number of rotatable bonds is 5. The van der Waals surface area contributed by atoms with E-state index in [0.29, 0.717) is 18.5 Å². The number of nitrogens with one attached hydrogen (secondary N) is 2. The van der Waals surface area contributed by atoms with Crippen molar-refractivity contribution in [1.82, 2.24) is 10.2 Å². The lowest BCUT2D eigenvalue weighted by molar-refractivity contribution is 0.0209. The molecule has 23 heavy (non-hydrogen) atoms. The third-order valence-corrected chi connectivity index (χ3v) is 5.78. The van der Waals surface area contributed by atoms with Crippen molar-refractivity contribution in [1.29, 1.82) is 0 Å². The van der Waals surface area contributed by atoms with E-state index in [1.54, 1.807) is 11.8 Å². The third-order valence-electron chi connectivity index (χ3n) is 5.06. The Morgan fingerprint density at radius 2 is 2.39 bits per heavy atom. The molecule has 1 aromatic rings. The summed E-state index contributed by atoms with van der Waals surface area (Å²) in [4.78, 5) is 15.8. The lowest BCUT2D eigenvalue weighted by Gasteiger charge is -2.49. The molecule has 3 aliphatic rings. The fraction of sp³-hybridized carbons (Fsp3) is 0.500. The van der Waals surface area contributed by atoms with Gasteiger partial charge < -0.3 is 10.6 Å². The molecule has 2 N–H and O–H groups in total. The Hall–Kier alpha value is -1.46. The van der Waals surface area contributed by atoms with E-state index in [1.165, 1.54) is 12.8 Å². The Morgan fingerprint density at radius 1 is 1.52 bits per heavy atom. The van der Waals surface area contributed by atoms with Crippen LogP contribution in [0, 0.1) is 11.8 Å². The first-order valence-corrected chi connectivity index (χ1v) is 9.47. The number of fused-ring (bicyclic) bond motifs is 3. The maximum atomic E-state index is 12.1. The fourth-order valence-corrected chi connectivity index (χ4v) is 4.21. The summed E-state index contributed by atoms with van der Waals surface area (Å²) in [6.45, 7) is 6.92. The van der Waals surface area contributed by atoms with Crippen molar-refractivity contribution in [2.75, 3.05) is 31.2 Å². The van der Waals surface area contributed by atoms with Gasteiger partial charge >= 0.3 is 6.03 Å². The summed E-state index contributed by atoms with van der Waals surface area (Å²) >= 11 is 1.67. The Balaban J connectivity index is 1.49. The van der Waals surface area contributed by atoms with Crippen molar-refractivity contribution in [2.45, 2.75) is 23.8 Å². The van der Waals surface area contributed by atoms with Gasteiger partial charge in [-0.2, -0.15) is 0 Å². The topological polar surface area (TPSA) is 44.4 Å². The lowest BCUT2D eigenvalue weighted by atomic mass is 9.75. The molecule has 4 rings (SSSR count). The van der Waals surface area contributed by atoms with Crippen molar-refractivity contribution >= 4 is 23.5 Å². The molecule has 0 spiro atoms. The standard InChI is InChI=1S/C18H25N3OS/c1-3-13-12-21-8-7-14(13)9-16(21)11-19-18(22)20-15-5-4-6-17(10-15)23-2/h3-6,10,13-14,16H,1,7-9,11-12H2,2H3,(H2,19,20,22)/t13-,14+,16+/m0/s1. The van der Waals surface area contributed by atoms with E-state index in [-0.39, 0.29) is 6.03 Å². The summed E-state index contributed by atoms with van der Waals surface area (Å²) in [5, 5.41) is 5.95. The van der Waals surface area contributed by atoms with Gasteiger partial charge in [-0.3, -0.25) is 4.90 Å². The average Bonchev–Trinajstić information content (AvgIpc) is 2.60. The van der Waals surface area contributed by atoms with Crippen LogP contribution in [-0.4, -0.2) is 42.9 Å². The molecule has 1 aromatic carbocycles. The molecule has 3 saturated heterocycles. The second-order valence-electron chi connectivity index (χ2n) is 6.40.